The molecule has 3 N–H and O–H groups in total. The molecule has 2 aromatic carbocycles. The van der Waals surface area contributed by atoms with Gasteiger partial charge in [0, 0.05) is 60.6 Å². The molecule has 1 aromatic heterocycles. The zero-order chi connectivity index (χ0) is 29.4. The zero-order valence-corrected chi connectivity index (χ0v) is 24.7. The Morgan fingerprint density at radius 2 is 2.00 bits per heavy atom. The van der Waals surface area contributed by atoms with Gasteiger partial charge in [0.05, 0.1) is 17.5 Å². The van der Waals surface area contributed by atoms with Gasteiger partial charge >= 0.3 is 0 Å². The van der Waals surface area contributed by atoms with Gasteiger partial charge in [0.25, 0.3) is 11.8 Å². The molecule has 2 amide bonds. The van der Waals surface area contributed by atoms with Crippen molar-refractivity contribution in [3.63, 3.8) is 0 Å². The van der Waals surface area contributed by atoms with Crippen LogP contribution in [0, 0.1) is 5.92 Å². The van der Waals surface area contributed by atoms with Crippen molar-refractivity contribution in [2.24, 2.45) is 5.92 Å². The molecule has 2 aliphatic rings. The Balaban J connectivity index is 1.50. The van der Waals surface area contributed by atoms with Gasteiger partial charge in [-0.05, 0) is 49.8 Å². The molecule has 0 bridgehead atoms. The number of hydrogen-bond donors (Lipinski definition) is 3. The van der Waals surface area contributed by atoms with Crippen LogP contribution >= 0.6 is 0 Å². The van der Waals surface area contributed by atoms with E-state index in [0.29, 0.717) is 54.1 Å². The van der Waals surface area contributed by atoms with Gasteiger partial charge in [-0.15, -0.1) is 11.7 Å². The first-order chi connectivity index (χ1) is 19.6. The summed E-state index contributed by atoms with van der Waals surface area (Å²) in [6, 6.07) is 14.4. The number of aliphatic hydroxyl groups is 1. The lowest BCUT2D eigenvalue weighted by atomic mass is 9.82. The molecule has 1 spiro atoms. The number of nitrogens with zero attached hydrogens (tertiary/aromatic N) is 4. The van der Waals surface area contributed by atoms with E-state index in [1.807, 2.05) is 38.2 Å². The van der Waals surface area contributed by atoms with Crippen molar-refractivity contribution in [3.8, 4) is 0 Å². The van der Waals surface area contributed by atoms with Crippen molar-refractivity contribution in [1.82, 2.24) is 15.0 Å². The van der Waals surface area contributed by atoms with Crippen LogP contribution in [0.4, 0.5) is 11.4 Å². The van der Waals surface area contributed by atoms with Crippen molar-refractivity contribution in [2.45, 2.75) is 56.7 Å². The fraction of sp³-hybridized carbons (Fsp3) is 0.400. The number of aromatic nitrogens is 3. The highest BCUT2D eigenvalue weighted by Gasteiger charge is 2.66. The Kier molecular flexibility index (Phi) is 7.97. The van der Waals surface area contributed by atoms with Crippen LogP contribution in [0.15, 0.2) is 67.4 Å². The maximum atomic E-state index is 14.3. The quantitative estimate of drug-likeness (QED) is 0.249. The lowest BCUT2D eigenvalue weighted by molar-refractivity contribution is -0.145. The van der Waals surface area contributed by atoms with Crippen molar-refractivity contribution in [2.75, 3.05) is 23.4 Å². The highest BCUT2D eigenvalue weighted by Crippen LogP contribution is 2.60. The molecule has 41 heavy (non-hydrogen) atoms. The Hall–Kier alpha value is -3.64. The predicted molar refractivity (Wildman–Crippen MR) is 158 cm³/mol. The second-order valence-corrected chi connectivity index (χ2v) is 15.3. The number of ether oxygens (including phenoxy) is 1. The van der Waals surface area contributed by atoms with Gasteiger partial charge in [0.15, 0.2) is 13.9 Å². The van der Waals surface area contributed by atoms with Crippen LogP contribution in [-0.2, 0) is 28.1 Å². The number of amides is 2. The molecule has 5 rings (SSSR count). The molecule has 4 atom stereocenters. The minimum atomic E-state index is -2.83. The molecule has 1 saturated heterocycles. The molecule has 216 valence electrons. The van der Waals surface area contributed by atoms with Crippen LogP contribution in [0.5, 0.6) is 0 Å². The van der Waals surface area contributed by atoms with E-state index in [9.17, 15) is 19.5 Å². The minimum Gasteiger partial charge on any atom is -0.432 e. The smallest absolute Gasteiger partial charge is 0.264 e. The average Bonchev–Trinajstić information content (AvgIpc) is 3.58. The van der Waals surface area contributed by atoms with Crippen LogP contribution < -0.4 is 10.2 Å². The fourth-order valence-corrected chi connectivity index (χ4v) is 9.07. The maximum Gasteiger partial charge on any atom is 0.264 e. The van der Waals surface area contributed by atoms with E-state index in [0.717, 1.165) is 0 Å². The summed E-state index contributed by atoms with van der Waals surface area (Å²) in [5.41, 5.74) is 1.61. The number of aliphatic hydroxyl groups excluding tert-OH is 1. The van der Waals surface area contributed by atoms with Crippen LogP contribution in [-0.4, -0.2) is 64.3 Å². The number of anilines is 2. The lowest BCUT2D eigenvalue weighted by Gasteiger charge is -2.32. The molecule has 0 aliphatic carbocycles. The van der Waals surface area contributed by atoms with Gasteiger partial charge in [0.1, 0.15) is 0 Å². The first kappa shape index (κ1) is 28.9. The summed E-state index contributed by atoms with van der Waals surface area (Å²) in [6.07, 6.45) is 4.01. The summed E-state index contributed by atoms with van der Waals surface area (Å²) in [5, 5.41) is 20.4. The summed E-state index contributed by atoms with van der Waals surface area (Å²) < 4.78 is 8.54. The molecule has 0 radical (unpaired) electrons. The molecule has 1 fully saturated rings. The van der Waals surface area contributed by atoms with Crippen molar-refractivity contribution < 1.29 is 24.2 Å². The Morgan fingerprint density at radius 1 is 1.24 bits per heavy atom. The summed E-state index contributed by atoms with van der Waals surface area (Å²) in [6.45, 7) is 10.4. The maximum absolute atomic E-state index is 14.3. The lowest BCUT2D eigenvalue weighted by Crippen LogP contribution is -2.46. The number of aryl methyl sites for hydroxylation is 1. The van der Waals surface area contributed by atoms with E-state index in [4.69, 9.17) is 4.74 Å². The van der Waals surface area contributed by atoms with E-state index in [1.165, 1.54) is 0 Å². The largest absolute Gasteiger partial charge is 0.432 e. The van der Waals surface area contributed by atoms with Gasteiger partial charge in [-0.2, -0.15) is 0 Å². The van der Waals surface area contributed by atoms with Crippen molar-refractivity contribution in [3.05, 3.63) is 84.2 Å². The van der Waals surface area contributed by atoms with Gasteiger partial charge in [-0.3, -0.25) is 14.3 Å². The van der Waals surface area contributed by atoms with Crippen LogP contribution in [0.2, 0.25) is 18.6 Å². The fourth-order valence-electron chi connectivity index (χ4n) is 6.46. The molecule has 11 heteroatoms. The number of carbonyl (C=O) groups is 2. The molecular formula is C30H37N5O5Si. The average molecular weight is 576 g/mol. The molecule has 3 heterocycles. The molecule has 3 aromatic rings. The van der Waals surface area contributed by atoms with Crippen molar-refractivity contribution >= 4 is 31.5 Å². The Morgan fingerprint density at radius 3 is 2.68 bits per heavy atom. The number of carbonyl (C=O) groups excluding carboxylic acids is 2. The summed E-state index contributed by atoms with van der Waals surface area (Å²) in [4.78, 5) is 40.3. The minimum absolute atomic E-state index is 0.00659. The van der Waals surface area contributed by atoms with Crippen LogP contribution in [0.1, 0.15) is 35.0 Å². The van der Waals surface area contributed by atoms with E-state index >= 15 is 0 Å². The number of benzene rings is 2. The third-order valence-corrected chi connectivity index (χ3v) is 10.7. The zero-order valence-electron chi connectivity index (χ0n) is 23.7. The van der Waals surface area contributed by atoms with Gasteiger partial charge in [-0.25, -0.2) is 0 Å². The second-order valence-electron chi connectivity index (χ2n) is 11.4. The first-order valence-corrected chi connectivity index (χ1v) is 17.0. The van der Waals surface area contributed by atoms with Gasteiger partial charge in [-0.1, -0.05) is 36.4 Å². The van der Waals surface area contributed by atoms with E-state index < -0.39 is 20.0 Å². The van der Waals surface area contributed by atoms with Crippen molar-refractivity contribution in [1.29, 1.82) is 0 Å². The van der Waals surface area contributed by atoms with E-state index in [2.05, 4.69) is 22.2 Å². The Bertz CT molecular complexity index is 1440. The molecule has 10 nitrogen and oxygen atoms in total. The van der Waals surface area contributed by atoms with Gasteiger partial charge in [0.2, 0.25) is 0 Å². The van der Waals surface area contributed by atoms with Crippen LogP contribution in [0.3, 0.4) is 0 Å². The normalized spacial score (nSPS) is 23.7. The number of rotatable bonds is 10. The van der Waals surface area contributed by atoms with E-state index in [-0.39, 0.29) is 29.9 Å². The Labute approximate surface area is 240 Å². The molecule has 0 unspecified atom stereocenters. The molecular weight excluding hydrogens is 538 g/mol. The SMILES string of the molecule is C=CCN1C(=O)[C@@]2(O[C@@H](CCn3cc(CCO)nn3)[C@H]([Si](C)(C)O)[C@H]2C)c2cc(NC(=O)c3ccccc3)ccc21. The van der Waals surface area contributed by atoms with Gasteiger partial charge < -0.3 is 24.9 Å². The highest BCUT2D eigenvalue weighted by molar-refractivity contribution is 6.71. The topological polar surface area (TPSA) is 130 Å². The highest BCUT2D eigenvalue weighted by atomic mass is 28.4. The third-order valence-electron chi connectivity index (χ3n) is 8.19. The number of fused-ring (bicyclic) bond motifs is 2. The third kappa shape index (κ3) is 5.26. The number of nitrogens with one attached hydrogen (secondary N) is 1. The molecule has 2 aliphatic heterocycles. The predicted octanol–water partition coefficient (Wildman–Crippen LogP) is 3.49. The summed E-state index contributed by atoms with van der Waals surface area (Å²) >= 11 is 0. The standard InChI is InChI=1S/C30H37N5O5Si/c1-5-15-35-25-12-11-22(31-28(37)21-9-7-6-8-10-21)18-24(25)30(29(35)38)20(2)27(41(3,4)39)26(40-30)13-16-34-19-23(14-17-36)32-33-34/h5-12,18-20,26-27,36,39H,1,13-17H2,2-4H3,(H,31,37)/t20-,26+,27-,30+/m1/s1. The monoisotopic (exact) mass is 575 g/mol. The number of hydrogen-bond acceptors (Lipinski definition) is 7. The second kappa shape index (κ2) is 11.3. The molecule has 0 saturated carbocycles. The van der Waals surface area contributed by atoms with Crippen LogP contribution in [0.25, 0.3) is 0 Å². The first-order valence-electron chi connectivity index (χ1n) is 13.9. The summed E-state index contributed by atoms with van der Waals surface area (Å²) in [7, 11) is -2.83. The van der Waals surface area contributed by atoms with E-state index in [1.54, 1.807) is 52.2 Å². The summed E-state index contributed by atoms with van der Waals surface area (Å²) in [5.74, 6) is -0.774.